The Morgan fingerprint density at radius 3 is 2.20 bits per heavy atom. The zero-order valence-electron chi connectivity index (χ0n) is 34.5. The summed E-state index contributed by atoms with van der Waals surface area (Å²) < 4.78 is 28.0. The highest BCUT2D eigenvalue weighted by molar-refractivity contribution is 6.36. The predicted octanol–water partition coefficient (Wildman–Crippen LogP) is 3.74. The molecule has 1 fully saturated rings. The van der Waals surface area contributed by atoms with E-state index < -0.39 is 29.7 Å². The van der Waals surface area contributed by atoms with Gasteiger partial charge >= 0.3 is 0 Å². The third kappa shape index (κ3) is 11.2. The van der Waals surface area contributed by atoms with Gasteiger partial charge in [0.25, 0.3) is 11.8 Å². The van der Waals surface area contributed by atoms with Gasteiger partial charge in [0.2, 0.25) is 17.7 Å². The highest BCUT2D eigenvalue weighted by atomic mass is 35.5. The number of ether oxygens (including phenoxy) is 5. The molecule has 334 valence electrons. The van der Waals surface area contributed by atoms with E-state index in [9.17, 15) is 28.8 Å². The molecule has 0 aliphatic carbocycles. The third-order valence-electron chi connectivity index (χ3n) is 10.0. The molecule has 64 heavy (non-hydrogen) atoms. The number of carbonyl (C=O) groups excluding carboxylic acids is 6. The van der Waals surface area contributed by atoms with Gasteiger partial charge in [-0.15, -0.1) is 0 Å². The number of para-hydroxylation sites is 1. The molecular formula is C44H45ClN8O11. The van der Waals surface area contributed by atoms with E-state index in [4.69, 9.17) is 35.3 Å². The van der Waals surface area contributed by atoms with Crippen LogP contribution in [0.1, 0.15) is 49.5 Å². The number of benzene rings is 3. The number of nitrogens with one attached hydrogen (secondary N) is 5. The molecule has 4 heterocycles. The topological polar surface area (TPSA) is 242 Å². The van der Waals surface area contributed by atoms with Gasteiger partial charge in [-0.05, 0) is 42.8 Å². The van der Waals surface area contributed by atoms with Gasteiger partial charge in [0.15, 0.2) is 5.78 Å². The standard InChI is InChI=1S/C44H45ClN8O11/c45-32-23-28(64-27-5-2-1-3-6-27)9-10-29(32)39(56)31-24-48-40-38(31)41(51-26-50-40)49-25-36(55)47-14-16-61-18-20-63-22-21-62-19-17-60-15-13-46-33-8-4-7-30-37(33)44(59)53(43(30)58)34-11-12-35(54)52-42(34)57/h1-10,23-24,26,34,46H,11-22,25H2,(H,47,55)(H,52,54,57)(H2,48,49,50,51). The van der Waals surface area contributed by atoms with Crippen molar-refractivity contribution in [3.8, 4) is 11.5 Å². The molecule has 2 aromatic heterocycles. The van der Waals surface area contributed by atoms with Crippen molar-refractivity contribution in [3.63, 3.8) is 0 Å². The number of imide groups is 2. The molecule has 2 aliphatic rings. The molecule has 7 rings (SSSR count). The van der Waals surface area contributed by atoms with E-state index in [-0.39, 0.29) is 71.5 Å². The summed E-state index contributed by atoms with van der Waals surface area (Å²) in [5.41, 5.74) is 1.80. The van der Waals surface area contributed by atoms with Crippen LogP contribution in [-0.2, 0) is 33.3 Å². The first-order chi connectivity index (χ1) is 31.2. The molecule has 5 N–H and O–H groups in total. The fourth-order valence-corrected chi connectivity index (χ4v) is 7.22. The smallest absolute Gasteiger partial charge is 0.264 e. The Morgan fingerprint density at radius 2 is 1.48 bits per heavy atom. The van der Waals surface area contributed by atoms with Crippen LogP contribution in [0.15, 0.2) is 79.3 Å². The van der Waals surface area contributed by atoms with Crippen molar-refractivity contribution in [2.24, 2.45) is 0 Å². The predicted molar refractivity (Wildman–Crippen MR) is 232 cm³/mol. The van der Waals surface area contributed by atoms with E-state index in [1.54, 1.807) is 30.3 Å². The zero-order valence-corrected chi connectivity index (χ0v) is 35.2. The monoisotopic (exact) mass is 896 g/mol. The van der Waals surface area contributed by atoms with Crippen molar-refractivity contribution in [2.75, 3.05) is 83.1 Å². The van der Waals surface area contributed by atoms with Gasteiger partial charge < -0.3 is 44.6 Å². The molecule has 0 saturated carbocycles. The maximum atomic E-state index is 13.6. The van der Waals surface area contributed by atoms with E-state index in [1.165, 1.54) is 18.6 Å². The van der Waals surface area contributed by atoms with E-state index in [0.717, 1.165) is 4.90 Å². The molecule has 5 aromatic rings. The molecule has 1 saturated heterocycles. The van der Waals surface area contributed by atoms with Crippen LogP contribution in [0.3, 0.4) is 0 Å². The fraction of sp³-hybridized carbons (Fsp3) is 0.318. The lowest BCUT2D eigenvalue weighted by Gasteiger charge is -2.27. The Bertz CT molecular complexity index is 2500. The first kappa shape index (κ1) is 45.3. The lowest BCUT2D eigenvalue weighted by molar-refractivity contribution is -0.136. The first-order valence-electron chi connectivity index (χ1n) is 20.5. The number of H-pyrrole nitrogens is 1. The minimum Gasteiger partial charge on any atom is -0.457 e. The van der Waals surface area contributed by atoms with Crippen LogP contribution in [0.25, 0.3) is 11.0 Å². The van der Waals surface area contributed by atoms with Crippen LogP contribution >= 0.6 is 11.6 Å². The average Bonchev–Trinajstić information content (AvgIpc) is 3.84. The number of ketones is 1. The van der Waals surface area contributed by atoms with Crippen molar-refractivity contribution in [1.29, 1.82) is 0 Å². The van der Waals surface area contributed by atoms with Gasteiger partial charge in [-0.25, -0.2) is 9.97 Å². The number of aromatic nitrogens is 3. The second kappa shape index (κ2) is 22.0. The normalized spacial score (nSPS) is 14.7. The van der Waals surface area contributed by atoms with Gasteiger partial charge in [0.1, 0.15) is 35.3 Å². The molecule has 1 unspecified atom stereocenters. The van der Waals surface area contributed by atoms with Gasteiger partial charge in [-0.3, -0.25) is 39.0 Å². The van der Waals surface area contributed by atoms with Gasteiger partial charge in [-0.1, -0.05) is 35.9 Å². The maximum Gasteiger partial charge on any atom is 0.264 e. The number of carbonyl (C=O) groups is 6. The van der Waals surface area contributed by atoms with Crippen molar-refractivity contribution >= 4 is 69.5 Å². The Morgan fingerprint density at radius 1 is 0.766 bits per heavy atom. The molecule has 19 nitrogen and oxygen atoms in total. The zero-order chi connectivity index (χ0) is 44.8. The number of rotatable bonds is 24. The van der Waals surface area contributed by atoms with E-state index in [2.05, 4.69) is 36.2 Å². The summed E-state index contributed by atoms with van der Waals surface area (Å²) in [7, 11) is 0. The average molecular weight is 897 g/mol. The summed E-state index contributed by atoms with van der Waals surface area (Å²) in [4.78, 5) is 88.7. The van der Waals surface area contributed by atoms with Crippen LogP contribution < -0.4 is 26.0 Å². The summed E-state index contributed by atoms with van der Waals surface area (Å²) in [5.74, 6) is -1.48. The quantitative estimate of drug-likeness (QED) is 0.0337. The SMILES string of the molecule is O=C(CNc1ncnc2[nH]cc(C(=O)c3ccc(Oc4ccccc4)cc3Cl)c12)NCCOCCOCCOCCOCCNc1cccc2c1C(=O)N(C1CCC(=O)NC1=O)C2=O. The second-order valence-corrected chi connectivity index (χ2v) is 14.7. The maximum absolute atomic E-state index is 13.6. The van der Waals surface area contributed by atoms with Crippen molar-refractivity contribution in [2.45, 2.75) is 18.9 Å². The highest BCUT2D eigenvalue weighted by Crippen LogP contribution is 2.33. The Balaban J connectivity index is 0.715. The Kier molecular flexibility index (Phi) is 15.6. The lowest BCUT2D eigenvalue weighted by Crippen LogP contribution is -2.54. The molecule has 0 spiro atoms. The fourth-order valence-electron chi connectivity index (χ4n) is 6.96. The highest BCUT2D eigenvalue weighted by Gasteiger charge is 2.45. The van der Waals surface area contributed by atoms with Crippen LogP contribution in [0.4, 0.5) is 11.5 Å². The number of fused-ring (bicyclic) bond motifs is 2. The van der Waals surface area contributed by atoms with Crippen LogP contribution in [0.5, 0.6) is 11.5 Å². The molecule has 0 bridgehead atoms. The summed E-state index contributed by atoms with van der Waals surface area (Å²) in [6.45, 7) is 3.10. The molecule has 20 heteroatoms. The molecular weight excluding hydrogens is 852 g/mol. The van der Waals surface area contributed by atoms with Crippen molar-refractivity contribution < 1.29 is 52.5 Å². The third-order valence-corrected chi connectivity index (χ3v) is 10.3. The van der Waals surface area contributed by atoms with Gasteiger partial charge in [0, 0.05) is 43.0 Å². The Labute approximate surface area is 371 Å². The van der Waals surface area contributed by atoms with Crippen LogP contribution in [-0.4, -0.2) is 134 Å². The first-order valence-corrected chi connectivity index (χ1v) is 20.9. The summed E-state index contributed by atoms with van der Waals surface area (Å²) in [6.07, 6.45) is 2.99. The minimum atomic E-state index is -1.03. The molecule has 3 aromatic carbocycles. The number of halogens is 1. The molecule has 1 atom stereocenters. The molecule has 0 radical (unpaired) electrons. The number of hydrogen-bond donors (Lipinski definition) is 5. The van der Waals surface area contributed by atoms with Gasteiger partial charge in [0.05, 0.1) is 86.5 Å². The number of amides is 5. The molecule has 2 aliphatic heterocycles. The number of anilines is 2. The summed E-state index contributed by atoms with van der Waals surface area (Å²) in [5, 5.41) is 11.7. The van der Waals surface area contributed by atoms with Crippen LogP contribution in [0, 0.1) is 0 Å². The summed E-state index contributed by atoms with van der Waals surface area (Å²) in [6, 6.07) is 17.9. The summed E-state index contributed by atoms with van der Waals surface area (Å²) >= 11 is 6.52. The molecule has 5 amide bonds. The Hall–Kier alpha value is -6.77. The number of piperidine rings is 1. The number of aromatic amines is 1. The van der Waals surface area contributed by atoms with Crippen molar-refractivity contribution in [1.82, 2.24) is 30.5 Å². The van der Waals surface area contributed by atoms with E-state index in [1.807, 2.05) is 30.3 Å². The van der Waals surface area contributed by atoms with Crippen LogP contribution in [0.2, 0.25) is 5.02 Å². The van der Waals surface area contributed by atoms with E-state index in [0.29, 0.717) is 86.8 Å². The number of nitrogens with zero attached hydrogens (tertiary/aromatic N) is 3. The largest absolute Gasteiger partial charge is 0.457 e. The lowest BCUT2D eigenvalue weighted by atomic mass is 10.0. The second-order valence-electron chi connectivity index (χ2n) is 14.3. The van der Waals surface area contributed by atoms with E-state index >= 15 is 0 Å². The van der Waals surface area contributed by atoms with Crippen molar-refractivity contribution in [3.05, 3.63) is 107 Å². The minimum absolute atomic E-state index is 0.0485. The number of hydrogen-bond acceptors (Lipinski definition) is 15. The van der Waals surface area contributed by atoms with Gasteiger partial charge in [-0.2, -0.15) is 0 Å².